The van der Waals surface area contributed by atoms with Gasteiger partial charge in [0.1, 0.15) is 0 Å². The van der Waals surface area contributed by atoms with Gasteiger partial charge in [-0.25, -0.2) is 0 Å². The quantitative estimate of drug-likeness (QED) is 0.432. The van der Waals surface area contributed by atoms with Gasteiger partial charge in [-0.1, -0.05) is 32.9 Å². The molecule has 0 amide bonds. The summed E-state index contributed by atoms with van der Waals surface area (Å²) in [6.45, 7) is 8.81. The molecular weight excluding hydrogens is 368 g/mol. The number of hydrogen-bond donors (Lipinski definition) is 1. The van der Waals surface area contributed by atoms with Gasteiger partial charge in [0.2, 0.25) is 0 Å². The number of thioether (sulfide) groups is 1. The van der Waals surface area contributed by atoms with E-state index in [1.54, 1.807) is 11.8 Å². The zero-order chi connectivity index (χ0) is 20.1. The second kappa shape index (κ2) is 8.82. The summed E-state index contributed by atoms with van der Waals surface area (Å²) >= 11 is 1.80. The summed E-state index contributed by atoms with van der Waals surface area (Å²) in [6.07, 6.45) is 3.95. The third kappa shape index (κ3) is 5.38. The zero-order valence-electron chi connectivity index (χ0n) is 17.0. The molecule has 0 bridgehead atoms. The van der Waals surface area contributed by atoms with Gasteiger partial charge in [-0.2, -0.15) is 0 Å². The third-order valence-corrected chi connectivity index (χ3v) is 5.60. The summed E-state index contributed by atoms with van der Waals surface area (Å²) in [6, 6.07) is 12.5. The van der Waals surface area contributed by atoms with Gasteiger partial charge in [0.25, 0.3) is 0 Å². The highest BCUT2D eigenvalue weighted by Gasteiger charge is 2.21. The molecule has 4 nitrogen and oxygen atoms in total. The Bertz CT molecular complexity index is 942. The maximum atomic E-state index is 12.1. The summed E-state index contributed by atoms with van der Waals surface area (Å²) in [4.78, 5) is 21.1. The lowest BCUT2D eigenvalue weighted by Crippen LogP contribution is -2.11. The number of nitrogens with one attached hydrogen (secondary N) is 1. The molecule has 0 spiro atoms. The van der Waals surface area contributed by atoms with E-state index in [1.165, 1.54) is 10.9 Å². The van der Waals surface area contributed by atoms with E-state index in [0.717, 1.165) is 34.6 Å². The Morgan fingerprint density at radius 1 is 1.18 bits per heavy atom. The van der Waals surface area contributed by atoms with E-state index >= 15 is 0 Å². The van der Waals surface area contributed by atoms with E-state index in [9.17, 15) is 4.79 Å². The number of ether oxygens (including phenoxy) is 1. The lowest BCUT2D eigenvalue weighted by Gasteiger charge is -2.18. The Morgan fingerprint density at radius 2 is 2.00 bits per heavy atom. The number of H-pyrrole nitrogens is 1. The fourth-order valence-corrected chi connectivity index (χ4v) is 4.29. The van der Waals surface area contributed by atoms with Gasteiger partial charge in [-0.05, 0) is 49.6 Å². The number of aromatic nitrogens is 2. The van der Waals surface area contributed by atoms with E-state index in [-0.39, 0.29) is 17.1 Å². The molecule has 2 aromatic heterocycles. The highest BCUT2D eigenvalue weighted by Crippen LogP contribution is 2.40. The van der Waals surface area contributed by atoms with Crippen LogP contribution in [0.1, 0.15) is 44.6 Å². The number of rotatable bonds is 7. The maximum Gasteiger partial charge on any atom is 0.311 e. The Balaban J connectivity index is 1.91. The molecule has 0 aliphatic carbocycles. The van der Waals surface area contributed by atoms with E-state index < -0.39 is 0 Å². The number of aryl methyl sites for hydroxylation is 2. The van der Waals surface area contributed by atoms with Crippen LogP contribution in [0.2, 0.25) is 0 Å². The van der Waals surface area contributed by atoms with Crippen LogP contribution in [0.25, 0.3) is 10.9 Å². The Kier molecular flexibility index (Phi) is 6.45. The summed E-state index contributed by atoms with van der Waals surface area (Å²) < 4.78 is 5.21. The van der Waals surface area contributed by atoms with Gasteiger partial charge < -0.3 is 9.72 Å². The van der Waals surface area contributed by atoms with Crippen molar-refractivity contribution in [2.75, 3.05) is 6.61 Å². The Morgan fingerprint density at radius 3 is 2.68 bits per heavy atom. The number of hydrogen-bond acceptors (Lipinski definition) is 4. The van der Waals surface area contributed by atoms with E-state index in [0.29, 0.717) is 6.61 Å². The number of carbonyl (C=O) groups is 1. The third-order valence-electron chi connectivity index (χ3n) is 4.32. The summed E-state index contributed by atoms with van der Waals surface area (Å²) in [7, 11) is 0. The van der Waals surface area contributed by atoms with Crippen LogP contribution in [0.3, 0.4) is 0 Å². The minimum absolute atomic E-state index is 0.0441. The molecule has 0 unspecified atom stereocenters. The van der Waals surface area contributed by atoms with E-state index in [1.807, 2.05) is 25.3 Å². The summed E-state index contributed by atoms with van der Waals surface area (Å²) in [5, 5.41) is 1.18. The first-order valence-electron chi connectivity index (χ1n) is 9.74. The number of fused-ring (bicyclic) bond motifs is 1. The molecule has 3 rings (SSSR count). The number of aromatic amines is 1. The minimum Gasteiger partial charge on any atom is -0.466 e. The van der Waals surface area contributed by atoms with Crippen LogP contribution in [-0.2, 0) is 28.8 Å². The zero-order valence-corrected chi connectivity index (χ0v) is 17.9. The topological polar surface area (TPSA) is 55.0 Å². The van der Waals surface area contributed by atoms with E-state index in [2.05, 4.69) is 55.0 Å². The SMILES string of the molecule is CCOC(=O)Cc1[nH]c2ccc(CCc3ccccn3)cc2c1SC(C)(C)C. The van der Waals surface area contributed by atoms with Crippen molar-refractivity contribution in [3.63, 3.8) is 0 Å². The first kappa shape index (κ1) is 20.5. The molecule has 0 aliphatic heterocycles. The first-order valence-corrected chi connectivity index (χ1v) is 10.6. The standard InChI is InChI=1S/C23H28N2O2S/c1-5-27-21(26)15-20-22(28-23(2,3)4)18-14-16(10-12-19(18)25-20)9-11-17-8-6-7-13-24-17/h6-8,10,12-14,25H,5,9,11,15H2,1-4H3. The molecule has 1 N–H and O–H groups in total. The van der Waals surface area contributed by atoms with Crippen molar-refractivity contribution in [1.29, 1.82) is 0 Å². The van der Waals surface area contributed by atoms with Crippen LogP contribution in [0.15, 0.2) is 47.5 Å². The van der Waals surface area contributed by atoms with Gasteiger partial charge in [0, 0.05) is 38.1 Å². The predicted molar refractivity (Wildman–Crippen MR) is 116 cm³/mol. The average Bonchev–Trinajstić information content (AvgIpc) is 2.96. The average molecular weight is 397 g/mol. The smallest absolute Gasteiger partial charge is 0.311 e. The van der Waals surface area contributed by atoms with Crippen molar-refractivity contribution >= 4 is 28.6 Å². The number of nitrogens with zero attached hydrogens (tertiary/aromatic N) is 1. The van der Waals surface area contributed by atoms with E-state index in [4.69, 9.17) is 4.74 Å². The first-order chi connectivity index (χ1) is 13.4. The normalized spacial score (nSPS) is 11.7. The Hall–Kier alpha value is -2.27. The van der Waals surface area contributed by atoms with Gasteiger partial charge in [0.05, 0.1) is 13.0 Å². The molecule has 0 saturated heterocycles. The summed E-state index contributed by atoms with van der Waals surface area (Å²) in [5.74, 6) is -0.194. The van der Waals surface area contributed by atoms with Crippen molar-refractivity contribution in [2.45, 2.75) is 56.6 Å². The number of pyridine rings is 1. The molecule has 5 heteroatoms. The lowest BCUT2D eigenvalue weighted by atomic mass is 10.1. The van der Waals surface area contributed by atoms with Gasteiger partial charge in [0.15, 0.2) is 0 Å². The monoisotopic (exact) mass is 396 g/mol. The minimum atomic E-state index is -0.194. The molecule has 0 atom stereocenters. The second-order valence-corrected chi connectivity index (χ2v) is 9.67. The van der Waals surface area contributed by atoms with Crippen LogP contribution in [0.5, 0.6) is 0 Å². The van der Waals surface area contributed by atoms with Gasteiger partial charge in [-0.15, -0.1) is 11.8 Å². The fraction of sp³-hybridized carbons (Fsp3) is 0.391. The van der Waals surface area contributed by atoms with Crippen LogP contribution in [0.4, 0.5) is 0 Å². The maximum absolute atomic E-state index is 12.1. The van der Waals surface area contributed by atoms with Crippen molar-refractivity contribution in [3.8, 4) is 0 Å². The molecular formula is C23H28N2O2S. The lowest BCUT2D eigenvalue weighted by molar-refractivity contribution is -0.142. The fourth-order valence-electron chi connectivity index (χ4n) is 3.15. The van der Waals surface area contributed by atoms with Crippen LogP contribution < -0.4 is 0 Å². The van der Waals surface area contributed by atoms with Crippen molar-refractivity contribution in [1.82, 2.24) is 9.97 Å². The molecule has 1 aromatic carbocycles. The number of esters is 1. The second-order valence-electron chi connectivity index (χ2n) is 7.83. The largest absolute Gasteiger partial charge is 0.466 e. The molecule has 2 heterocycles. The van der Waals surface area contributed by atoms with Crippen molar-refractivity contribution in [3.05, 3.63) is 59.5 Å². The molecule has 0 radical (unpaired) electrons. The molecule has 0 saturated carbocycles. The van der Waals surface area contributed by atoms with Crippen LogP contribution >= 0.6 is 11.8 Å². The predicted octanol–water partition coefficient (Wildman–Crippen LogP) is 5.34. The molecule has 0 aliphatic rings. The molecule has 28 heavy (non-hydrogen) atoms. The van der Waals surface area contributed by atoms with Crippen LogP contribution in [-0.4, -0.2) is 27.3 Å². The Labute approximate surface area is 171 Å². The van der Waals surface area contributed by atoms with Gasteiger partial charge >= 0.3 is 5.97 Å². The van der Waals surface area contributed by atoms with Crippen LogP contribution in [0, 0.1) is 0 Å². The number of carbonyl (C=O) groups excluding carboxylic acids is 1. The summed E-state index contributed by atoms with van der Waals surface area (Å²) in [5.41, 5.74) is 4.38. The van der Waals surface area contributed by atoms with Crippen molar-refractivity contribution in [2.24, 2.45) is 0 Å². The molecule has 3 aromatic rings. The molecule has 148 valence electrons. The highest BCUT2D eigenvalue weighted by molar-refractivity contribution is 8.00. The van der Waals surface area contributed by atoms with Gasteiger partial charge in [-0.3, -0.25) is 9.78 Å². The van der Waals surface area contributed by atoms with Crippen molar-refractivity contribution < 1.29 is 9.53 Å². The number of benzene rings is 1. The highest BCUT2D eigenvalue weighted by atomic mass is 32.2. The molecule has 0 fully saturated rings.